The maximum Gasteiger partial charge on any atom is 0.233 e. The van der Waals surface area contributed by atoms with Gasteiger partial charge in [0.1, 0.15) is 0 Å². The van der Waals surface area contributed by atoms with Crippen LogP contribution in [0.1, 0.15) is 32.1 Å². The quantitative estimate of drug-likeness (QED) is 0.758. The summed E-state index contributed by atoms with van der Waals surface area (Å²) in [6, 6.07) is 0.640. The van der Waals surface area contributed by atoms with Gasteiger partial charge in [0, 0.05) is 12.6 Å². The SMILES string of the molecule is O=C(NCC[C@H]1CCCN1)C1CCCS1. The summed E-state index contributed by atoms with van der Waals surface area (Å²) < 4.78 is 0. The van der Waals surface area contributed by atoms with Crippen molar-refractivity contribution in [1.29, 1.82) is 0 Å². The zero-order valence-corrected chi connectivity index (χ0v) is 9.94. The molecule has 0 aromatic heterocycles. The minimum Gasteiger partial charge on any atom is -0.355 e. The van der Waals surface area contributed by atoms with Crippen molar-refractivity contribution in [2.24, 2.45) is 0 Å². The van der Waals surface area contributed by atoms with Crippen LogP contribution in [-0.2, 0) is 4.79 Å². The van der Waals surface area contributed by atoms with E-state index in [9.17, 15) is 4.79 Å². The summed E-state index contributed by atoms with van der Waals surface area (Å²) >= 11 is 1.81. The highest BCUT2D eigenvalue weighted by Gasteiger charge is 2.23. The summed E-state index contributed by atoms with van der Waals surface area (Å²) in [5, 5.41) is 6.73. The van der Waals surface area contributed by atoms with Gasteiger partial charge in [0.05, 0.1) is 5.25 Å². The molecular formula is C11H20N2OS. The van der Waals surface area contributed by atoms with Gasteiger partial charge in [-0.3, -0.25) is 4.79 Å². The normalized spacial score (nSPS) is 30.7. The Morgan fingerprint density at radius 3 is 3.00 bits per heavy atom. The van der Waals surface area contributed by atoms with E-state index in [2.05, 4.69) is 10.6 Å². The monoisotopic (exact) mass is 228 g/mol. The molecule has 0 spiro atoms. The van der Waals surface area contributed by atoms with Crippen LogP contribution in [0, 0.1) is 0 Å². The molecular weight excluding hydrogens is 208 g/mol. The lowest BCUT2D eigenvalue weighted by Crippen LogP contribution is -2.35. The standard InChI is InChI=1S/C11H20N2OS/c14-11(10-4-2-8-15-10)13-7-5-9-3-1-6-12-9/h9-10,12H,1-8H2,(H,13,14)/t9-,10?/m1/s1. The van der Waals surface area contributed by atoms with Crippen LogP contribution in [-0.4, -0.2) is 36.0 Å². The summed E-state index contributed by atoms with van der Waals surface area (Å²) in [5.41, 5.74) is 0. The van der Waals surface area contributed by atoms with E-state index in [1.165, 1.54) is 19.3 Å². The largest absolute Gasteiger partial charge is 0.355 e. The number of hydrogen-bond acceptors (Lipinski definition) is 3. The molecule has 0 aromatic carbocycles. The first-order valence-electron chi connectivity index (χ1n) is 5.99. The fourth-order valence-corrected chi connectivity index (χ4v) is 3.46. The van der Waals surface area contributed by atoms with Crippen LogP contribution < -0.4 is 10.6 Å². The lowest BCUT2D eigenvalue weighted by atomic mass is 10.1. The van der Waals surface area contributed by atoms with Crippen molar-refractivity contribution in [3.05, 3.63) is 0 Å². The second kappa shape index (κ2) is 5.75. The van der Waals surface area contributed by atoms with E-state index >= 15 is 0 Å². The molecule has 2 aliphatic rings. The third-order valence-corrected chi connectivity index (χ3v) is 4.55. The number of rotatable bonds is 4. The zero-order valence-electron chi connectivity index (χ0n) is 9.13. The highest BCUT2D eigenvalue weighted by Crippen LogP contribution is 2.25. The number of amides is 1. The number of hydrogen-bond donors (Lipinski definition) is 2. The smallest absolute Gasteiger partial charge is 0.233 e. The van der Waals surface area contributed by atoms with Crippen molar-refractivity contribution in [3.63, 3.8) is 0 Å². The van der Waals surface area contributed by atoms with Gasteiger partial charge in [-0.15, -0.1) is 11.8 Å². The number of carbonyl (C=O) groups is 1. The van der Waals surface area contributed by atoms with Crippen molar-refractivity contribution in [3.8, 4) is 0 Å². The molecule has 3 nitrogen and oxygen atoms in total. The van der Waals surface area contributed by atoms with E-state index in [4.69, 9.17) is 0 Å². The molecule has 2 N–H and O–H groups in total. The Hall–Kier alpha value is -0.220. The van der Waals surface area contributed by atoms with Gasteiger partial charge >= 0.3 is 0 Å². The van der Waals surface area contributed by atoms with Crippen molar-refractivity contribution >= 4 is 17.7 Å². The van der Waals surface area contributed by atoms with Gasteiger partial charge in [-0.05, 0) is 44.4 Å². The van der Waals surface area contributed by atoms with E-state index in [1.807, 2.05) is 0 Å². The first kappa shape index (κ1) is 11.3. The molecule has 2 heterocycles. The molecule has 4 heteroatoms. The second-order valence-corrected chi connectivity index (χ2v) is 5.69. The van der Waals surface area contributed by atoms with Gasteiger partial charge in [-0.1, -0.05) is 0 Å². The van der Waals surface area contributed by atoms with Gasteiger partial charge in [0.25, 0.3) is 0 Å². The maximum atomic E-state index is 11.7. The molecule has 1 unspecified atom stereocenters. The number of carbonyl (C=O) groups excluding carboxylic acids is 1. The second-order valence-electron chi connectivity index (χ2n) is 4.37. The summed E-state index contributed by atoms with van der Waals surface area (Å²) in [6.45, 7) is 1.99. The van der Waals surface area contributed by atoms with Crippen molar-refractivity contribution < 1.29 is 4.79 Å². The first-order valence-corrected chi connectivity index (χ1v) is 7.04. The lowest BCUT2D eigenvalue weighted by Gasteiger charge is -2.12. The molecule has 2 aliphatic heterocycles. The van der Waals surface area contributed by atoms with E-state index in [1.54, 1.807) is 11.8 Å². The predicted molar refractivity (Wildman–Crippen MR) is 64.1 cm³/mol. The Labute approximate surface area is 95.8 Å². The fraction of sp³-hybridized carbons (Fsp3) is 0.909. The first-order chi connectivity index (χ1) is 7.36. The molecule has 0 saturated carbocycles. The molecule has 0 bridgehead atoms. The molecule has 15 heavy (non-hydrogen) atoms. The Kier molecular flexibility index (Phi) is 4.32. The van der Waals surface area contributed by atoms with E-state index in [0.717, 1.165) is 31.7 Å². The summed E-state index contributed by atoms with van der Waals surface area (Å²) in [4.78, 5) is 11.7. The van der Waals surface area contributed by atoms with Crippen molar-refractivity contribution in [2.75, 3.05) is 18.8 Å². The van der Waals surface area contributed by atoms with E-state index in [0.29, 0.717) is 6.04 Å². The van der Waals surface area contributed by atoms with Crippen LogP contribution >= 0.6 is 11.8 Å². The Bertz CT molecular complexity index is 211. The molecule has 2 rings (SSSR count). The average Bonchev–Trinajstić information content (AvgIpc) is 2.90. The van der Waals surface area contributed by atoms with Crippen LogP contribution in [0.5, 0.6) is 0 Å². The van der Waals surface area contributed by atoms with E-state index < -0.39 is 0 Å². The zero-order chi connectivity index (χ0) is 10.5. The summed E-state index contributed by atoms with van der Waals surface area (Å²) in [5.74, 6) is 1.41. The number of nitrogens with one attached hydrogen (secondary N) is 2. The lowest BCUT2D eigenvalue weighted by molar-refractivity contribution is -0.120. The topological polar surface area (TPSA) is 41.1 Å². The average molecular weight is 228 g/mol. The maximum absolute atomic E-state index is 11.7. The third kappa shape index (κ3) is 3.38. The fourth-order valence-electron chi connectivity index (χ4n) is 2.27. The third-order valence-electron chi connectivity index (χ3n) is 3.18. The van der Waals surface area contributed by atoms with Crippen LogP contribution in [0.25, 0.3) is 0 Å². The highest BCUT2D eigenvalue weighted by molar-refractivity contribution is 8.00. The van der Waals surface area contributed by atoms with Gasteiger partial charge in [0.2, 0.25) is 5.91 Å². The van der Waals surface area contributed by atoms with Crippen molar-refractivity contribution in [2.45, 2.75) is 43.4 Å². The summed E-state index contributed by atoms with van der Waals surface area (Å²) in [6.07, 6.45) is 5.92. The van der Waals surface area contributed by atoms with Crippen LogP contribution in [0.3, 0.4) is 0 Å². The molecule has 0 aromatic rings. The van der Waals surface area contributed by atoms with Gasteiger partial charge in [-0.2, -0.15) is 0 Å². The van der Waals surface area contributed by atoms with Gasteiger partial charge < -0.3 is 10.6 Å². The van der Waals surface area contributed by atoms with Crippen LogP contribution in [0.4, 0.5) is 0 Å². The molecule has 2 fully saturated rings. The minimum absolute atomic E-state index is 0.238. The van der Waals surface area contributed by atoms with Crippen LogP contribution in [0.2, 0.25) is 0 Å². The molecule has 2 atom stereocenters. The Morgan fingerprint density at radius 1 is 1.40 bits per heavy atom. The van der Waals surface area contributed by atoms with Crippen LogP contribution in [0.15, 0.2) is 0 Å². The molecule has 1 amide bonds. The molecule has 0 radical (unpaired) electrons. The number of thioether (sulfide) groups is 1. The van der Waals surface area contributed by atoms with Crippen molar-refractivity contribution in [1.82, 2.24) is 10.6 Å². The highest BCUT2D eigenvalue weighted by atomic mass is 32.2. The van der Waals surface area contributed by atoms with Gasteiger partial charge in [-0.25, -0.2) is 0 Å². The molecule has 0 aliphatic carbocycles. The summed E-state index contributed by atoms with van der Waals surface area (Å²) in [7, 11) is 0. The Morgan fingerprint density at radius 2 is 2.33 bits per heavy atom. The Balaban J connectivity index is 1.58. The van der Waals surface area contributed by atoms with Gasteiger partial charge in [0.15, 0.2) is 0 Å². The molecule has 86 valence electrons. The minimum atomic E-state index is 0.238. The molecule has 2 saturated heterocycles. The van der Waals surface area contributed by atoms with E-state index in [-0.39, 0.29) is 11.2 Å². The predicted octanol–water partition coefficient (Wildman–Crippen LogP) is 1.14.